The van der Waals surface area contributed by atoms with E-state index in [0.717, 1.165) is 22.6 Å². The zero-order valence-corrected chi connectivity index (χ0v) is 15.1. The van der Waals surface area contributed by atoms with Gasteiger partial charge in [-0.25, -0.2) is 4.98 Å². The van der Waals surface area contributed by atoms with Crippen LogP contribution in [0.5, 0.6) is 5.75 Å². The predicted octanol–water partition coefficient (Wildman–Crippen LogP) is 4.70. The maximum atomic E-state index is 12.2. The zero-order valence-electron chi connectivity index (χ0n) is 14.3. The Hall–Kier alpha value is -2.66. The smallest absolute Gasteiger partial charge is 0.230 e. The Labute approximate surface area is 151 Å². The normalized spacial score (nSPS) is 10.5. The van der Waals surface area contributed by atoms with E-state index in [0.29, 0.717) is 18.2 Å². The molecule has 0 aliphatic rings. The molecule has 0 bridgehead atoms. The molecule has 25 heavy (non-hydrogen) atoms. The van der Waals surface area contributed by atoms with Gasteiger partial charge in [0.1, 0.15) is 5.75 Å². The van der Waals surface area contributed by atoms with Gasteiger partial charge in [-0.2, -0.15) is 0 Å². The Morgan fingerprint density at radius 1 is 1.12 bits per heavy atom. The number of benzene rings is 2. The van der Waals surface area contributed by atoms with E-state index in [1.165, 1.54) is 16.9 Å². The SMILES string of the molecule is CCOc1ccc(CC(=O)Nc2nc(-c3ccc(C)cc3)cs2)cc1. The Balaban J connectivity index is 1.60. The van der Waals surface area contributed by atoms with Crippen LogP contribution < -0.4 is 10.1 Å². The van der Waals surface area contributed by atoms with E-state index in [1.807, 2.05) is 48.7 Å². The monoisotopic (exact) mass is 352 g/mol. The van der Waals surface area contributed by atoms with Gasteiger partial charge in [-0.3, -0.25) is 4.79 Å². The average Bonchev–Trinajstić information content (AvgIpc) is 3.06. The van der Waals surface area contributed by atoms with Crippen LogP contribution in [0.25, 0.3) is 11.3 Å². The Bertz CT molecular complexity index is 839. The molecule has 1 heterocycles. The van der Waals surface area contributed by atoms with Gasteiger partial charge >= 0.3 is 0 Å². The molecule has 0 unspecified atom stereocenters. The molecular formula is C20H20N2O2S. The molecule has 0 spiro atoms. The minimum absolute atomic E-state index is 0.0750. The van der Waals surface area contributed by atoms with Gasteiger partial charge in [0.2, 0.25) is 5.91 Å². The van der Waals surface area contributed by atoms with E-state index in [9.17, 15) is 4.79 Å². The molecule has 1 aromatic heterocycles. The van der Waals surface area contributed by atoms with Crippen LogP contribution in [-0.2, 0) is 11.2 Å². The third-order valence-electron chi connectivity index (χ3n) is 3.70. The molecule has 3 aromatic rings. The number of thiazole rings is 1. The maximum absolute atomic E-state index is 12.2. The summed E-state index contributed by atoms with van der Waals surface area (Å²) < 4.78 is 5.40. The first-order chi connectivity index (χ1) is 12.1. The van der Waals surface area contributed by atoms with E-state index < -0.39 is 0 Å². The molecule has 0 fully saturated rings. The highest BCUT2D eigenvalue weighted by molar-refractivity contribution is 7.14. The number of ether oxygens (including phenoxy) is 1. The van der Waals surface area contributed by atoms with E-state index in [1.54, 1.807) is 0 Å². The predicted molar refractivity (Wildman–Crippen MR) is 102 cm³/mol. The Morgan fingerprint density at radius 3 is 2.52 bits per heavy atom. The highest BCUT2D eigenvalue weighted by Gasteiger charge is 2.09. The van der Waals surface area contributed by atoms with Crippen molar-refractivity contribution in [2.45, 2.75) is 20.3 Å². The Kier molecular flexibility index (Phi) is 5.46. The quantitative estimate of drug-likeness (QED) is 0.700. The average molecular weight is 352 g/mol. The third kappa shape index (κ3) is 4.67. The van der Waals surface area contributed by atoms with Crippen LogP contribution in [0.4, 0.5) is 5.13 Å². The number of anilines is 1. The van der Waals surface area contributed by atoms with Gasteiger partial charge in [-0.05, 0) is 31.5 Å². The number of aromatic nitrogens is 1. The molecule has 0 atom stereocenters. The summed E-state index contributed by atoms with van der Waals surface area (Å²) in [6.45, 7) is 4.63. The van der Waals surface area contributed by atoms with Gasteiger partial charge in [-0.1, -0.05) is 42.0 Å². The van der Waals surface area contributed by atoms with Crippen molar-refractivity contribution in [3.63, 3.8) is 0 Å². The van der Waals surface area contributed by atoms with E-state index in [2.05, 4.69) is 29.4 Å². The fourth-order valence-electron chi connectivity index (χ4n) is 2.41. The molecule has 0 radical (unpaired) electrons. The fourth-order valence-corrected chi connectivity index (χ4v) is 3.14. The molecule has 3 rings (SSSR count). The molecule has 5 heteroatoms. The third-order valence-corrected chi connectivity index (χ3v) is 4.45. The Morgan fingerprint density at radius 2 is 1.84 bits per heavy atom. The molecule has 0 saturated carbocycles. The van der Waals surface area contributed by atoms with Crippen molar-refractivity contribution in [3.05, 3.63) is 65.0 Å². The van der Waals surface area contributed by atoms with Crippen LogP contribution in [0.3, 0.4) is 0 Å². The number of hydrogen-bond acceptors (Lipinski definition) is 4. The standard InChI is InChI=1S/C20H20N2O2S/c1-3-24-17-10-6-15(7-11-17)12-19(23)22-20-21-18(13-25-20)16-8-4-14(2)5-9-16/h4-11,13H,3,12H2,1-2H3,(H,21,22,23). The van der Waals surface area contributed by atoms with Crippen LogP contribution in [-0.4, -0.2) is 17.5 Å². The number of hydrogen-bond donors (Lipinski definition) is 1. The molecule has 128 valence electrons. The number of amides is 1. The lowest BCUT2D eigenvalue weighted by molar-refractivity contribution is -0.115. The zero-order chi connectivity index (χ0) is 17.6. The van der Waals surface area contributed by atoms with Crippen LogP contribution in [0.2, 0.25) is 0 Å². The minimum Gasteiger partial charge on any atom is -0.494 e. The lowest BCUT2D eigenvalue weighted by atomic mass is 10.1. The van der Waals surface area contributed by atoms with Crippen molar-refractivity contribution >= 4 is 22.4 Å². The summed E-state index contributed by atoms with van der Waals surface area (Å²) in [4.78, 5) is 16.7. The topological polar surface area (TPSA) is 51.2 Å². The van der Waals surface area contributed by atoms with E-state index >= 15 is 0 Å². The maximum Gasteiger partial charge on any atom is 0.230 e. The number of nitrogens with zero attached hydrogens (tertiary/aromatic N) is 1. The molecule has 1 N–H and O–H groups in total. The summed E-state index contributed by atoms with van der Waals surface area (Å²) >= 11 is 1.43. The van der Waals surface area contributed by atoms with Crippen molar-refractivity contribution in [2.75, 3.05) is 11.9 Å². The first-order valence-corrected chi connectivity index (χ1v) is 9.06. The molecule has 0 aliphatic heterocycles. The molecule has 2 aromatic carbocycles. The summed E-state index contributed by atoms with van der Waals surface area (Å²) in [6.07, 6.45) is 0.311. The van der Waals surface area contributed by atoms with Gasteiger partial charge in [0, 0.05) is 10.9 Å². The summed E-state index contributed by atoms with van der Waals surface area (Å²) in [5, 5.41) is 5.44. The number of rotatable bonds is 6. The highest BCUT2D eigenvalue weighted by Crippen LogP contribution is 2.25. The molecule has 1 amide bonds. The number of nitrogens with one attached hydrogen (secondary N) is 1. The largest absolute Gasteiger partial charge is 0.494 e. The van der Waals surface area contributed by atoms with E-state index in [-0.39, 0.29) is 5.91 Å². The van der Waals surface area contributed by atoms with Crippen LogP contribution >= 0.6 is 11.3 Å². The highest BCUT2D eigenvalue weighted by atomic mass is 32.1. The molecular weight excluding hydrogens is 332 g/mol. The van der Waals surface area contributed by atoms with Crippen molar-refractivity contribution in [2.24, 2.45) is 0 Å². The number of carbonyl (C=O) groups is 1. The second-order valence-corrected chi connectivity index (χ2v) is 6.56. The summed E-state index contributed by atoms with van der Waals surface area (Å²) in [5.41, 5.74) is 4.08. The van der Waals surface area contributed by atoms with Gasteiger partial charge in [0.15, 0.2) is 5.13 Å². The van der Waals surface area contributed by atoms with Crippen LogP contribution in [0.15, 0.2) is 53.9 Å². The van der Waals surface area contributed by atoms with Gasteiger partial charge in [-0.15, -0.1) is 11.3 Å². The lowest BCUT2D eigenvalue weighted by Gasteiger charge is -2.05. The van der Waals surface area contributed by atoms with Crippen molar-refractivity contribution in [1.82, 2.24) is 4.98 Å². The summed E-state index contributed by atoms with van der Waals surface area (Å²) in [5.74, 6) is 0.739. The molecule has 0 saturated heterocycles. The molecule has 4 nitrogen and oxygen atoms in total. The van der Waals surface area contributed by atoms with Crippen molar-refractivity contribution in [3.8, 4) is 17.0 Å². The summed E-state index contributed by atoms with van der Waals surface area (Å²) in [7, 11) is 0. The number of carbonyl (C=O) groups excluding carboxylic acids is 1. The first kappa shape index (κ1) is 17.2. The van der Waals surface area contributed by atoms with Crippen LogP contribution in [0.1, 0.15) is 18.1 Å². The summed E-state index contributed by atoms with van der Waals surface area (Å²) in [6, 6.07) is 15.8. The second-order valence-electron chi connectivity index (χ2n) is 5.71. The van der Waals surface area contributed by atoms with Crippen molar-refractivity contribution in [1.29, 1.82) is 0 Å². The van der Waals surface area contributed by atoms with E-state index in [4.69, 9.17) is 4.74 Å². The fraction of sp³-hybridized carbons (Fsp3) is 0.200. The van der Waals surface area contributed by atoms with Crippen molar-refractivity contribution < 1.29 is 9.53 Å². The van der Waals surface area contributed by atoms with Gasteiger partial charge in [0.05, 0.1) is 18.7 Å². The second kappa shape index (κ2) is 7.94. The minimum atomic E-state index is -0.0750. The first-order valence-electron chi connectivity index (χ1n) is 8.18. The van der Waals surface area contributed by atoms with Gasteiger partial charge in [0.25, 0.3) is 0 Å². The van der Waals surface area contributed by atoms with Crippen LogP contribution in [0, 0.1) is 6.92 Å². The van der Waals surface area contributed by atoms with Gasteiger partial charge < -0.3 is 10.1 Å². The lowest BCUT2D eigenvalue weighted by Crippen LogP contribution is -2.14. The number of aryl methyl sites for hydroxylation is 1. The molecule has 0 aliphatic carbocycles.